The van der Waals surface area contributed by atoms with Crippen LogP contribution in [0.25, 0.3) is 0 Å². The number of allylic oxidation sites excluding steroid dienone is 3. The van der Waals surface area contributed by atoms with E-state index >= 15 is 0 Å². The van der Waals surface area contributed by atoms with Gasteiger partial charge in [0.15, 0.2) is 0 Å². The van der Waals surface area contributed by atoms with Gasteiger partial charge in [-0.25, -0.2) is 4.79 Å². The van der Waals surface area contributed by atoms with Gasteiger partial charge < -0.3 is 14.8 Å². The molecular formula is C18H17F3N2O3. The fourth-order valence-corrected chi connectivity index (χ4v) is 2.80. The van der Waals surface area contributed by atoms with Crippen molar-refractivity contribution in [1.29, 1.82) is 5.26 Å². The van der Waals surface area contributed by atoms with Crippen LogP contribution in [0.2, 0.25) is 0 Å². The number of hydrogen-bond acceptors (Lipinski definition) is 5. The fraction of sp³-hybridized carbons (Fsp3) is 0.333. The van der Waals surface area contributed by atoms with Crippen LogP contribution in [0.15, 0.2) is 47.0 Å². The number of hydrogen-bond donors (Lipinski definition) is 1. The summed E-state index contributed by atoms with van der Waals surface area (Å²) in [7, 11) is 0. The number of carbonyl (C=O) groups is 1. The number of rotatable bonds is 3. The van der Waals surface area contributed by atoms with Crippen molar-refractivity contribution in [3.63, 3.8) is 0 Å². The van der Waals surface area contributed by atoms with E-state index in [0.717, 1.165) is 6.07 Å². The molecule has 0 radical (unpaired) electrons. The average molecular weight is 366 g/mol. The van der Waals surface area contributed by atoms with Gasteiger partial charge in [0, 0.05) is 5.70 Å². The lowest BCUT2D eigenvalue weighted by Crippen LogP contribution is -2.28. The lowest BCUT2D eigenvalue weighted by molar-refractivity contribution is -0.138. The van der Waals surface area contributed by atoms with E-state index in [1.807, 2.05) is 6.07 Å². The number of benzene rings is 1. The average Bonchev–Trinajstić information content (AvgIpc) is 2.56. The van der Waals surface area contributed by atoms with Gasteiger partial charge in [-0.1, -0.05) is 18.2 Å². The lowest BCUT2D eigenvalue weighted by atomic mass is 9.83. The Morgan fingerprint density at radius 3 is 2.50 bits per heavy atom. The molecule has 0 saturated heterocycles. The van der Waals surface area contributed by atoms with Gasteiger partial charge in [0.1, 0.15) is 5.76 Å². The van der Waals surface area contributed by atoms with Gasteiger partial charge in [0.25, 0.3) is 0 Å². The topological polar surface area (TPSA) is 71.3 Å². The zero-order valence-corrected chi connectivity index (χ0v) is 14.4. The van der Waals surface area contributed by atoms with Crippen molar-refractivity contribution < 1.29 is 27.4 Å². The molecular weight excluding hydrogens is 349 g/mol. The molecule has 0 amide bonds. The maximum Gasteiger partial charge on any atom is 0.513 e. The van der Waals surface area contributed by atoms with E-state index in [2.05, 4.69) is 5.32 Å². The van der Waals surface area contributed by atoms with E-state index in [4.69, 9.17) is 9.47 Å². The zero-order chi connectivity index (χ0) is 19.5. The van der Waals surface area contributed by atoms with Crippen LogP contribution < -0.4 is 5.32 Å². The van der Waals surface area contributed by atoms with Crippen molar-refractivity contribution in [2.75, 3.05) is 6.61 Å². The third-order valence-electron chi connectivity index (χ3n) is 3.85. The number of nitriles is 1. The normalized spacial score (nSPS) is 17.5. The molecule has 138 valence electrons. The molecule has 1 unspecified atom stereocenters. The van der Waals surface area contributed by atoms with Crippen LogP contribution in [0.1, 0.15) is 37.8 Å². The van der Waals surface area contributed by atoms with Crippen LogP contribution in [0.4, 0.5) is 18.0 Å². The monoisotopic (exact) mass is 366 g/mol. The molecule has 0 saturated carbocycles. The number of carbonyl (C=O) groups excluding carboxylic acids is 1. The second kappa shape index (κ2) is 7.52. The van der Waals surface area contributed by atoms with Gasteiger partial charge in [-0.2, -0.15) is 18.4 Å². The summed E-state index contributed by atoms with van der Waals surface area (Å²) in [6, 6.07) is 6.82. The minimum atomic E-state index is -4.63. The number of dihydropyridines is 1. The number of nitrogens with zero attached hydrogens (tertiary/aromatic N) is 1. The maximum atomic E-state index is 13.5. The van der Waals surface area contributed by atoms with E-state index in [1.54, 1.807) is 20.8 Å². The van der Waals surface area contributed by atoms with Crippen molar-refractivity contribution in [2.45, 2.75) is 32.9 Å². The van der Waals surface area contributed by atoms with Crippen molar-refractivity contribution in [2.24, 2.45) is 0 Å². The zero-order valence-electron chi connectivity index (χ0n) is 14.4. The molecule has 1 aromatic carbocycles. The summed E-state index contributed by atoms with van der Waals surface area (Å²) in [5, 5.41) is 12.4. The number of halogens is 3. The largest absolute Gasteiger partial charge is 0.513 e. The van der Waals surface area contributed by atoms with Crippen LogP contribution in [0.5, 0.6) is 0 Å². The summed E-state index contributed by atoms with van der Waals surface area (Å²) >= 11 is 0. The van der Waals surface area contributed by atoms with Crippen molar-refractivity contribution in [1.82, 2.24) is 5.32 Å². The number of alkyl halides is 3. The van der Waals surface area contributed by atoms with E-state index < -0.39 is 23.8 Å². The van der Waals surface area contributed by atoms with Crippen LogP contribution in [-0.4, -0.2) is 12.8 Å². The molecule has 2 rings (SSSR count). The molecule has 1 aliphatic rings. The molecule has 26 heavy (non-hydrogen) atoms. The highest BCUT2D eigenvalue weighted by Gasteiger charge is 2.40. The quantitative estimate of drug-likeness (QED) is 0.792. The van der Waals surface area contributed by atoms with Gasteiger partial charge in [0.05, 0.1) is 35.4 Å². The second-order valence-electron chi connectivity index (χ2n) is 5.57. The van der Waals surface area contributed by atoms with Gasteiger partial charge in [-0.3, -0.25) is 0 Å². The number of nitrogens with one attached hydrogen (secondary N) is 1. The fourth-order valence-electron chi connectivity index (χ4n) is 2.80. The minimum absolute atomic E-state index is 0.0339. The first-order chi connectivity index (χ1) is 12.2. The highest BCUT2D eigenvalue weighted by Crippen LogP contribution is 2.43. The molecule has 1 aromatic rings. The highest BCUT2D eigenvalue weighted by molar-refractivity contribution is 5.64. The standard InChI is InChI=1S/C18H17F3N2O3/c1-4-25-17(24)26-16-11(3)23-10(2)13(9-22)15(16)12-7-5-6-8-14(12)18(19,20)21/h5-8,15,23H,4H2,1-3H3. The Kier molecular flexibility index (Phi) is 5.60. The van der Waals surface area contributed by atoms with E-state index in [-0.39, 0.29) is 23.5 Å². The molecule has 0 fully saturated rings. The molecule has 1 atom stereocenters. The summed E-state index contributed by atoms with van der Waals surface area (Å²) < 4.78 is 50.3. The Balaban J connectivity index is 2.65. The Bertz CT molecular complexity index is 820. The summed E-state index contributed by atoms with van der Waals surface area (Å²) in [4.78, 5) is 11.8. The van der Waals surface area contributed by atoms with Crippen molar-refractivity contribution in [3.8, 4) is 6.07 Å². The Hall–Kier alpha value is -2.95. The van der Waals surface area contributed by atoms with Gasteiger partial charge in [-0.15, -0.1) is 0 Å². The highest BCUT2D eigenvalue weighted by atomic mass is 19.4. The molecule has 5 nitrogen and oxygen atoms in total. The summed E-state index contributed by atoms with van der Waals surface area (Å²) in [6.45, 7) is 4.74. The molecule has 1 heterocycles. The first kappa shape index (κ1) is 19.4. The summed E-state index contributed by atoms with van der Waals surface area (Å²) in [5.74, 6) is -1.27. The maximum absolute atomic E-state index is 13.5. The first-order valence-electron chi connectivity index (χ1n) is 7.80. The lowest BCUT2D eigenvalue weighted by Gasteiger charge is -2.29. The smallest absolute Gasteiger partial charge is 0.434 e. The van der Waals surface area contributed by atoms with E-state index in [0.29, 0.717) is 11.4 Å². The third-order valence-corrected chi connectivity index (χ3v) is 3.85. The van der Waals surface area contributed by atoms with Crippen molar-refractivity contribution >= 4 is 6.16 Å². The van der Waals surface area contributed by atoms with Gasteiger partial charge >= 0.3 is 12.3 Å². The Labute approximate surface area is 148 Å². The molecule has 0 bridgehead atoms. The van der Waals surface area contributed by atoms with Crippen LogP contribution in [0, 0.1) is 11.3 Å². The third kappa shape index (κ3) is 3.82. The molecule has 8 heteroatoms. The molecule has 0 aromatic heterocycles. The molecule has 1 aliphatic heterocycles. The predicted molar refractivity (Wildman–Crippen MR) is 86.4 cm³/mol. The van der Waals surface area contributed by atoms with Crippen LogP contribution >= 0.6 is 0 Å². The molecule has 0 spiro atoms. The van der Waals surface area contributed by atoms with E-state index in [1.165, 1.54) is 18.2 Å². The Morgan fingerprint density at radius 1 is 1.27 bits per heavy atom. The van der Waals surface area contributed by atoms with Crippen LogP contribution in [-0.2, 0) is 15.7 Å². The number of ether oxygens (including phenoxy) is 2. The predicted octanol–water partition coefficient (Wildman–Crippen LogP) is 4.59. The van der Waals surface area contributed by atoms with Crippen molar-refractivity contribution in [3.05, 3.63) is 58.1 Å². The molecule has 1 N–H and O–H groups in total. The second-order valence-corrected chi connectivity index (χ2v) is 5.57. The van der Waals surface area contributed by atoms with E-state index in [9.17, 15) is 23.2 Å². The SMILES string of the molecule is CCOC(=O)OC1=C(C)NC(C)=C(C#N)C1c1ccccc1C(F)(F)F. The van der Waals surface area contributed by atoms with Gasteiger partial charge in [0.2, 0.25) is 0 Å². The minimum Gasteiger partial charge on any atom is -0.434 e. The molecule has 0 aliphatic carbocycles. The van der Waals surface area contributed by atoms with Crippen LogP contribution in [0.3, 0.4) is 0 Å². The summed E-state index contributed by atoms with van der Waals surface area (Å²) in [5.41, 5.74) is -0.312. The Morgan fingerprint density at radius 2 is 1.92 bits per heavy atom. The summed E-state index contributed by atoms with van der Waals surface area (Å²) in [6.07, 6.45) is -5.67. The first-order valence-corrected chi connectivity index (χ1v) is 7.80. The van der Waals surface area contributed by atoms with Gasteiger partial charge in [-0.05, 0) is 32.4 Å².